The first-order valence-electron chi connectivity index (χ1n) is 12.0. The number of carbonyl (C=O) groups is 1. The van der Waals surface area contributed by atoms with E-state index in [4.69, 9.17) is 15.2 Å². The molecule has 0 bridgehead atoms. The molecule has 0 aliphatic rings. The molecule has 0 aliphatic heterocycles. The molecule has 1 heterocycles. The minimum Gasteiger partial charge on any atom is -0.457 e. The molecule has 196 valence electrons. The molecular weight excluding hydrogens is 461 g/mol. The summed E-state index contributed by atoms with van der Waals surface area (Å²) in [6.45, 7) is 13.2. The molecule has 1 amide bonds. The van der Waals surface area contributed by atoms with Crippen LogP contribution in [-0.4, -0.2) is 23.3 Å². The van der Waals surface area contributed by atoms with E-state index < -0.39 is 11.7 Å². The van der Waals surface area contributed by atoms with E-state index in [9.17, 15) is 14.0 Å². The van der Waals surface area contributed by atoms with Crippen LogP contribution in [0.5, 0.6) is 11.5 Å². The lowest BCUT2D eigenvalue weighted by Crippen LogP contribution is -2.37. The molecule has 8 heteroatoms. The van der Waals surface area contributed by atoms with Gasteiger partial charge in [0, 0.05) is 37.1 Å². The number of rotatable bonds is 4. The minimum atomic E-state index is -0.714. The highest BCUT2D eigenvalue weighted by Crippen LogP contribution is 2.38. The van der Waals surface area contributed by atoms with Gasteiger partial charge in [-0.25, -0.2) is 9.18 Å². The molecule has 0 spiro atoms. The molecule has 3 aromatic rings. The van der Waals surface area contributed by atoms with Gasteiger partial charge in [0.05, 0.1) is 0 Å². The van der Waals surface area contributed by atoms with Crippen LogP contribution in [0, 0.1) is 5.82 Å². The van der Waals surface area contributed by atoms with Crippen LogP contribution in [0.25, 0.3) is 11.1 Å². The fraction of sp³-hybridized carbons (Fsp3) is 0.357. The maximum Gasteiger partial charge on any atom is 0.414 e. The first-order chi connectivity index (χ1) is 17.0. The number of anilines is 2. The molecule has 0 saturated carbocycles. The molecule has 0 saturated heterocycles. The second kappa shape index (κ2) is 13.3. The topological polar surface area (TPSA) is 86.8 Å². The summed E-state index contributed by atoms with van der Waals surface area (Å²) in [6.07, 6.45) is 0.952. The Labute approximate surface area is 213 Å². The van der Waals surface area contributed by atoms with Crippen LogP contribution in [0.3, 0.4) is 0 Å². The zero-order valence-corrected chi connectivity index (χ0v) is 22.7. The zero-order chi connectivity index (χ0) is 27.6. The fourth-order valence-corrected chi connectivity index (χ4v) is 3.07. The summed E-state index contributed by atoms with van der Waals surface area (Å²) in [5.41, 5.74) is 6.79. The molecule has 3 rings (SSSR count). The standard InChI is InChI=1S/C24H26FN3O4.2C2H6/c1-24(2,3)32-23(30)28(5)19-13-15(14-27(4)22(19)29)21-18(26)7-6-8-20(21)31-17-11-9-16(25)10-12-17;2*1-2/h6-14H,26H2,1-5H3;2*1-2H3. The van der Waals surface area contributed by atoms with Gasteiger partial charge in [-0.15, -0.1) is 0 Å². The summed E-state index contributed by atoms with van der Waals surface area (Å²) in [4.78, 5) is 26.5. The lowest BCUT2D eigenvalue weighted by atomic mass is 10.0. The lowest BCUT2D eigenvalue weighted by Gasteiger charge is -2.25. The molecule has 1 aromatic heterocycles. The van der Waals surface area contributed by atoms with Gasteiger partial charge in [0.2, 0.25) is 0 Å². The number of benzene rings is 2. The van der Waals surface area contributed by atoms with E-state index >= 15 is 0 Å². The number of ether oxygens (including phenoxy) is 2. The Morgan fingerprint density at radius 1 is 1.03 bits per heavy atom. The minimum absolute atomic E-state index is 0.121. The Kier molecular flexibility index (Phi) is 11.2. The number of hydrogen-bond donors (Lipinski definition) is 1. The number of nitrogens with two attached hydrogens (primary N) is 1. The molecule has 0 aliphatic carbocycles. The molecule has 2 aromatic carbocycles. The van der Waals surface area contributed by atoms with E-state index in [1.54, 1.807) is 58.3 Å². The van der Waals surface area contributed by atoms with E-state index in [0.29, 0.717) is 28.3 Å². The van der Waals surface area contributed by atoms with E-state index in [1.807, 2.05) is 27.7 Å². The second-order valence-electron chi connectivity index (χ2n) is 8.35. The summed E-state index contributed by atoms with van der Waals surface area (Å²) in [7, 11) is 3.05. The van der Waals surface area contributed by atoms with E-state index in [2.05, 4.69) is 0 Å². The van der Waals surface area contributed by atoms with Crippen molar-refractivity contribution in [1.29, 1.82) is 0 Å². The monoisotopic (exact) mass is 499 g/mol. The van der Waals surface area contributed by atoms with Gasteiger partial charge in [-0.2, -0.15) is 0 Å². The third kappa shape index (κ3) is 7.86. The first-order valence-corrected chi connectivity index (χ1v) is 12.0. The van der Waals surface area contributed by atoms with Crippen molar-refractivity contribution < 1.29 is 18.7 Å². The van der Waals surface area contributed by atoms with Crippen molar-refractivity contribution in [2.75, 3.05) is 17.7 Å². The van der Waals surface area contributed by atoms with Crippen molar-refractivity contribution in [3.05, 3.63) is 70.9 Å². The van der Waals surface area contributed by atoms with E-state index in [1.165, 1.54) is 35.9 Å². The predicted molar refractivity (Wildman–Crippen MR) is 145 cm³/mol. The second-order valence-corrected chi connectivity index (χ2v) is 8.35. The van der Waals surface area contributed by atoms with Gasteiger partial charge in [-0.3, -0.25) is 9.69 Å². The SMILES string of the molecule is CC.CC.CN(C(=O)OC(C)(C)C)c1cc(-c2c(N)cccc2Oc2ccc(F)cc2)cn(C)c1=O. The maximum atomic E-state index is 13.3. The summed E-state index contributed by atoms with van der Waals surface area (Å²) in [6, 6.07) is 12.3. The number of hydrogen-bond acceptors (Lipinski definition) is 5. The molecule has 36 heavy (non-hydrogen) atoms. The van der Waals surface area contributed by atoms with Crippen molar-refractivity contribution >= 4 is 17.5 Å². The highest BCUT2D eigenvalue weighted by Gasteiger charge is 2.24. The van der Waals surface area contributed by atoms with Crippen LogP contribution in [0.4, 0.5) is 20.6 Å². The number of halogens is 1. The average Bonchev–Trinajstić information content (AvgIpc) is 2.83. The average molecular weight is 500 g/mol. The molecule has 7 nitrogen and oxygen atoms in total. The number of aryl methyl sites for hydroxylation is 1. The molecule has 0 fully saturated rings. The number of nitrogen functional groups attached to an aromatic ring is 1. The Bertz CT molecular complexity index is 1200. The number of carbonyl (C=O) groups excluding carboxylic acids is 1. The van der Waals surface area contributed by atoms with Crippen molar-refractivity contribution in [2.45, 2.75) is 54.1 Å². The normalized spacial score (nSPS) is 10.3. The Hall–Kier alpha value is -3.81. The molecule has 0 radical (unpaired) electrons. The smallest absolute Gasteiger partial charge is 0.414 e. The van der Waals surface area contributed by atoms with Gasteiger partial charge in [0.1, 0.15) is 28.6 Å². The van der Waals surface area contributed by atoms with Crippen LogP contribution in [0.1, 0.15) is 48.5 Å². The van der Waals surface area contributed by atoms with Crippen molar-refractivity contribution in [1.82, 2.24) is 4.57 Å². The van der Waals surface area contributed by atoms with Gasteiger partial charge in [-0.05, 0) is 63.2 Å². The summed E-state index contributed by atoms with van der Waals surface area (Å²) in [5, 5.41) is 0. The Balaban J connectivity index is 0.00000154. The quantitative estimate of drug-likeness (QED) is 0.391. The van der Waals surface area contributed by atoms with Gasteiger partial charge in [0.15, 0.2) is 0 Å². The van der Waals surface area contributed by atoms with Crippen LogP contribution in [-0.2, 0) is 11.8 Å². The Morgan fingerprint density at radius 2 is 1.61 bits per heavy atom. The Morgan fingerprint density at radius 3 is 2.17 bits per heavy atom. The van der Waals surface area contributed by atoms with Crippen molar-refractivity contribution in [3.8, 4) is 22.6 Å². The summed E-state index contributed by atoms with van der Waals surface area (Å²) < 4.78 is 25.9. The van der Waals surface area contributed by atoms with Crippen LogP contribution >= 0.6 is 0 Å². The molecule has 0 unspecified atom stereocenters. The first kappa shape index (κ1) is 30.2. The fourth-order valence-electron chi connectivity index (χ4n) is 3.07. The van der Waals surface area contributed by atoms with Gasteiger partial charge >= 0.3 is 6.09 Å². The van der Waals surface area contributed by atoms with Gasteiger partial charge in [0.25, 0.3) is 5.56 Å². The molecule has 0 atom stereocenters. The summed E-state index contributed by atoms with van der Waals surface area (Å²) >= 11 is 0. The predicted octanol–water partition coefficient (Wildman–Crippen LogP) is 6.99. The van der Waals surface area contributed by atoms with E-state index in [-0.39, 0.29) is 17.1 Å². The van der Waals surface area contributed by atoms with Crippen LogP contribution < -0.4 is 20.9 Å². The highest BCUT2D eigenvalue weighted by atomic mass is 19.1. The summed E-state index contributed by atoms with van der Waals surface area (Å²) in [5.74, 6) is 0.466. The maximum absolute atomic E-state index is 13.3. The van der Waals surface area contributed by atoms with Gasteiger partial charge in [-0.1, -0.05) is 33.8 Å². The third-order valence-electron chi connectivity index (χ3n) is 4.58. The number of amides is 1. The van der Waals surface area contributed by atoms with Crippen molar-refractivity contribution in [2.24, 2.45) is 7.05 Å². The zero-order valence-electron chi connectivity index (χ0n) is 22.7. The third-order valence-corrected chi connectivity index (χ3v) is 4.58. The molecular formula is C28H38FN3O4. The molecule has 2 N–H and O–H groups in total. The number of pyridine rings is 1. The van der Waals surface area contributed by atoms with Crippen LogP contribution in [0.2, 0.25) is 0 Å². The highest BCUT2D eigenvalue weighted by molar-refractivity contribution is 5.89. The van der Waals surface area contributed by atoms with Crippen LogP contribution in [0.15, 0.2) is 59.5 Å². The van der Waals surface area contributed by atoms with E-state index in [0.717, 1.165) is 4.90 Å². The lowest BCUT2D eigenvalue weighted by molar-refractivity contribution is 0.0589. The number of aromatic nitrogens is 1. The number of nitrogens with zero attached hydrogens (tertiary/aromatic N) is 2. The van der Waals surface area contributed by atoms with Crippen molar-refractivity contribution in [3.63, 3.8) is 0 Å². The largest absolute Gasteiger partial charge is 0.457 e. The van der Waals surface area contributed by atoms with Gasteiger partial charge < -0.3 is 19.8 Å².